The maximum Gasteiger partial charge on any atom is 0.302 e. The normalized spacial score (nSPS) is 41.4. The first kappa shape index (κ1) is 47.9. The molecule has 0 aromatic rings. The second-order valence-corrected chi connectivity index (χ2v) is 25.1. The maximum atomic E-state index is 12.5. The standard InChI is InChI=1S/C60H90O4/c1-35(2)37(5)15-17-39(7)49-19-21-51-55-47(33-43-31-45(63-41(9)61)23-27-57(43,11)53(55)25-29-59(49,51)13)48-34-44-32-46(64-42(10)62)24-28-58(44,12)54-26-30-60(14)50(20-22-52(60)56(48)54)40(8)18-16-38(6)36(3)4/h15-18,33-40,45-52H,19-32H2,1-14H3/b17-15-,18-16-/t37-,38-,39+,40+,45+,46+,47-,48+,49+,50+,51-,52+,57-,58+,59-,60-/m0/s1. The SMILES string of the molecule is CC(=O)O[C@@H]1CC[C@@]2(C)C(=C[C@@H]([C@H]3C=C4C[C@H](OC(C)=O)CC[C@@]4(C)C4=C3[C@H]3CC[C@H]([C@H](C)/C=C\[C@H](C)C(C)C)[C@]3(C)CC4)C3=C2CC[C@@]2(C)[C@@H]([C@H](C)/C=C\[C@H](C)C(C)C)CC[C@@H]32)C1. The first-order valence-electron chi connectivity index (χ1n) is 26.7. The highest BCUT2D eigenvalue weighted by Gasteiger charge is 2.61. The second-order valence-electron chi connectivity index (χ2n) is 25.1. The van der Waals surface area contributed by atoms with Crippen LogP contribution in [0.15, 0.2) is 69.9 Å². The molecule has 4 nitrogen and oxygen atoms in total. The molecule has 8 aliphatic carbocycles. The fourth-order valence-electron chi connectivity index (χ4n) is 16.4. The van der Waals surface area contributed by atoms with Crippen molar-refractivity contribution in [2.45, 2.75) is 199 Å². The molecule has 0 aromatic heterocycles. The van der Waals surface area contributed by atoms with Gasteiger partial charge in [0, 0.05) is 49.4 Å². The van der Waals surface area contributed by atoms with E-state index in [1.165, 1.54) is 51.4 Å². The number of hydrogen-bond acceptors (Lipinski definition) is 4. The Bertz CT molecular complexity index is 1860. The number of rotatable bonds is 11. The van der Waals surface area contributed by atoms with Gasteiger partial charge in [0.25, 0.3) is 0 Å². The number of esters is 2. The lowest BCUT2D eigenvalue weighted by Crippen LogP contribution is -2.48. The van der Waals surface area contributed by atoms with Crippen molar-refractivity contribution in [2.24, 2.45) is 92.7 Å². The van der Waals surface area contributed by atoms with Gasteiger partial charge in [0.1, 0.15) is 12.2 Å². The van der Waals surface area contributed by atoms with Crippen molar-refractivity contribution >= 4 is 11.9 Å². The zero-order valence-corrected chi connectivity index (χ0v) is 43.1. The monoisotopic (exact) mass is 875 g/mol. The summed E-state index contributed by atoms with van der Waals surface area (Å²) in [6, 6.07) is 0. The largest absolute Gasteiger partial charge is 0.462 e. The van der Waals surface area contributed by atoms with Crippen LogP contribution >= 0.6 is 0 Å². The van der Waals surface area contributed by atoms with Crippen LogP contribution in [-0.2, 0) is 19.1 Å². The molecule has 8 rings (SSSR count). The Morgan fingerprint density at radius 2 is 0.922 bits per heavy atom. The van der Waals surface area contributed by atoms with Crippen molar-refractivity contribution < 1.29 is 19.1 Å². The van der Waals surface area contributed by atoms with Gasteiger partial charge in [0.05, 0.1) is 0 Å². The Morgan fingerprint density at radius 1 is 0.547 bits per heavy atom. The quantitative estimate of drug-likeness (QED) is 0.153. The van der Waals surface area contributed by atoms with Crippen molar-refractivity contribution in [3.63, 3.8) is 0 Å². The molecule has 0 unspecified atom stereocenters. The van der Waals surface area contributed by atoms with E-state index in [4.69, 9.17) is 9.47 Å². The summed E-state index contributed by atoms with van der Waals surface area (Å²) < 4.78 is 12.2. The maximum absolute atomic E-state index is 12.5. The van der Waals surface area contributed by atoms with E-state index in [0.717, 1.165) is 38.5 Å². The molecule has 0 spiro atoms. The van der Waals surface area contributed by atoms with E-state index in [9.17, 15) is 9.59 Å². The van der Waals surface area contributed by atoms with Gasteiger partial charge in [-0.25, -0.2) is 0 Å². The molecule has 4 heteroatoms. The van der Waals surface area contributed by atoms with E-state index in [-0.39, 0.29) is 45.8 Å². The third-order valence-corrected chi connectivity index (χ3v) is 21.0. The van der Waals surface area contributed by atoms with Gasteiger partial charge in [-0.15, -0.1) is 0 Å². The molecule has 64 heavy (non-hydrogen) atoms. The molecular formula is C60H90O4. The van der Waals surface area contributed by atoms with Crippen molar-refractivity contribution in [3.8, 4) is 0 Å². The molecule has 4 saturated carbocycles. The van der Waals surface area contributed by atoms with Gasteiger partial charge in [0.2, 0.25) is 0 Å². The molecule has 0 saturated heterocycles. The van der Waals surface area contributed by atoms with E-state index in [0.29, 0.717) is 71.0 Å². The van der Waals surface area contributed by atoms with Crippen LogP contribution in [0.2, 0.25) is 0 Å². The summed E-state index contributed by atoms with van der Waals surface area (Å²) in [7, 11) is 0. The van der Waals surface area contributed by atoms with Crippen LogP contribution in [0.4, 0.5) is 0 Å². The molecule has 0 aromatic carbocycles. The van der Waals surface area contributed by atoms with Crippen LogP contribution in [0.3, 0.4) is 0 Å². The third-order valence-electron chi connectivity index (χ3n) is 21.0. The summed E-state index contributed by atoms with van der Waals surface area (Å²) in [5.74, 6) is 6.39. The molecule has 16 atom stereocenters. The van der Waals surface area contributed by atoms with Gasteiger partial charge in [0.15, 0.2) is 0 Å². The molecule has 0 aliphatic heterocycles. The van der Waals surface area contributed by atoms with Crippen LogP contribution in [0.1, 0.15) is 187 Å². The van der Waals surface area contributed by atoms with E-state index >= 15 is 0 Å². The minimum Gasteiger partial charge on any atom is -0.462 e. The number of carbonyl (C=O) groups excluding carboxylic acids is 2. The Hall–Kier alpha value is -2.62. The average molecular weight is 875 g/mol. The fourth-order valence-corrected chi connectivity index (χ4v) is 16.4. The van der Waals surface area contributed by atoms with E-state index in [2.05, 4.69) is 120 Å². The number of hydrogen-bond donors (Lipinski definition) is 0. The van der Waals surface area contributed by atoms with Gasteiger partial charge in [-0.3, -0.25) is 9.59 Å². The zero-order valence-electron chi connectivity index (χ0n) is 43.1. The Kier molecular flexibility index (Phi) is 13.3. The lowest BCUT2D eigenvalue weighted by atomic mass is 9.47. The molecule has 8 aliphatic rings. The Morgan fingerprint density at radius 3 is 1.27 bits per heavy atom. The van der Waals surface area contributed by atoms with E-state index < -0.39 is 0 Å². The highest BCUT2D eigenvalue weighted by atomic mass is 16.5. The molecule has 0 amide bonds. The van der Waals surface area contributed by atoms with Crippen molar-refractivity contribution in [1.82, 2.24) is 0 Å². The molecule has 0 N–H and O–H groups in total. The van der Waals surface area contributed by atoms with Gasteiger partial charge in [-0.2, -0.15) is 0 Å². The number of allylic oxidation sites excluding steroid dienone is 10. The number of fused-ring (bicyclic) bond motifs is 8. The van der Waals surface area contributed by atoms with Crippen molar-refractivity contribution in [2.75, 3.05) is 0 Å². The lowest BCUT2D eigenvalue weighted by Gasteiger charge is -2.58. The van der Waals surface area contributed by atoms with Crippen LogP contribution in [0, 0.1) is 92.7 Å². The first-order valence-corrected chi connectivity index (χ1v) is 26.7. The van der Waals surface area contributed by atoms with E-state index in [1.54, 1.807) is 36.1 Å². The molecular weight excluding hydrogens is 785 g/mol. The van der Waals surface area contributed by atoms with Crippen molar-refractivity contribution in [3.05, 3.63) is 69.9 Å². The van der Waals surface area contributed by atoms with Crippen molar-refractivity contribution in [1.29, 1.82) is 0 Å². The van der Waals surface area contributed by atoms with Crippen LogP contribution in [0.25, 0.3) is 0 Å². The third kappa shape index (κ3) is 8.17. The Balaban J connectivity index is 1.26. The highest BCUT2D eigenvalue weighted by molar-refractivity contribution is 5.66. The van der Waals surface area contributed by atoms with Crippen LogP contribution in [-0.4, -0.2) is 24.1 Å². The van der Waals surface area contributed by atoms with E-state index in [1.807, 2.05) is 11.1 Å². The van der Waals surface area contributed by atoms with Gasteiger partial charge >= 0.3 is 11.9 Å². The Labute approximate surface area is 391 Å². The van der Waals surface area contributed by atoms with Gasteiger partial charge < -0.3 is 9.47 Å². The summed E-state index contributed by atoms with van der Waals surface area (Å²) in [6.45, 7) is 33.0. The van der Waals surface area contributed by atoms with Crippen LogP contribution < -0.4 is 0 Å². The molecule has 0 heterocycles. The summed E-state index contributed by atoms with van der Waals surface area (Å²) in [4.78, 5) is 25.0. The zero-order chi connectivity index (χ0) is 46.3. The summed E-state index contributed by atoms with van der Waals surface area (Å²) >= 11 is 0. The minimum absolute atomic E-state index is 0.0212. The topological polar surface area (TPSA) is 52.6 Å². The summed E-state index contributed by atoms with van der Waals surface area (Å²) in [5, 5.41) is 0. The predicted molar refractivity (Wildman–Crippen MR) is 264 cm³/mol. The minimum atomic E-state index is -0.149. The summed E-state index contributed by atoms with van der Waals surface area (Å²) in [6.07, 6.45) is 31.6. The molecule has 354 valence electrons. The van der Waals surface area contributed by atoms with Gasteiger partial charge in [-0.1, -0.05) is 153 Å². The first-order chi connectivity index (χ1) is 30.1. The highest BCUT2D eigenvalue weighted by Crippen LogP contribution is 2.71. The van der Waals surface area contributed by atoms with Gasteiger partial charge in [-0.05, 0) is 147 Å². The molecule has 0 radical (unpaired) electrons. The number of ether oxygens (including phenoxy) is 2. The summed E-state index contributed by atoms with van der Waals surface area (Å²) in [5.41, 5.74) is 10.8. The predicted octanol–water partition coefficient (Wildman–Crippen LogP) is 15.6. The fraction of sp³-hybridized carbons (Fsp3) is 0.767. The van der Waals surface area contributed by atoms with Crippen LogP contribution in [0.5, 0.6) is 0 Å². The average Bonchev–Trinajstić information content (AvgIpc) is 3.78. The molecule has 0 bridgehead atoms. The smallest absolute Gasteiger partial charge is 0.302 e. The lowest BCUT2D eigenvalue weighted by molar-refractivity contribution is -0.148. The second kappa shape index (κ2) is 17.8. The molecule has 4 fully saturated rings. The number of carbonyl (C=O) groups is 2.